The molecule has 176 valence electrons. The fourth-order valence-electron chi connectivity index (χ4n) is 5.99. The van der Waals surface area contributed by atoms with Crippen LogP contribution in [0.1, 0.15) is 69.2 Å². The molecule has 5 rings (SSSR count). The molecular weight excluding hydrogens is 419 g/mol. The van der Waals surface area contributed by atoms with Crippen LogP contribution in [0.25, 0.3) is 0 Å². The van der Waals surface area contributed by atoms with Gasteiger partial charge >= 0.3 is 0 Å². The van der Waals surface area contributed by atoms with E-state index in [9.17, 15) is 9.59 Å². The number of hydrogen-bond acceptors (Lipinski definition) is 3. The Morgan fingerprint density at radius 1 is 1.15 bits per heavy atom. The molecule has 2 atom stereocenters. The monoisotopic (exact) mass is 452 g/mol. The van der Waals surface area contributed by atoms with Crippen molar-refractivity contribution in [3.63, 3.8) is 0 Å². The summed E-state index contributed by atoms with van der Waals surface area (Å²) in [6.45, 7) is 6.04. The van der Waals surface area contributed by atoms with Crippen LogP contribution in [0.4, 0.5) is 4.39 Å². The van der Waals surface area contributed by atoms with Crippen LogP contribution in [-0.2, 0) is 16.1 Å². The van der Waals surface area contributed by atoms with Gasteiger partial charge in [0, 0.05) is 50.0 Å². The fourth-order valence-corrected chi connectivity index (χ4v) is 5.99. The molecule has 7 heteroatoms. The normalized spacial score (nSPS) is 26.8. The topological polar surface area (TPSA) is 58.4 Å². The molecule has 0 unspecified atom stereocenters. The van der Waals surface area contributed by atoms with E-state index in [1.807, 2.05) is 46.0 Å². The van der Waals surface area contributed by atoms with Crippen LogP contribution in [0.2, 0.25) is 0 Å². The molecular formula is C26H33FN4O2. The van der Waals surface area contributed by atoms with Gasteiger partial charge in [0.2, 0.25) is 5.91 Å². The molecule has 1 aliphatic carbocycles. The minimum absolute atomic E-state index is 0.0796. The molecule has 1 aromatic heterocycles. The van der Waals surface area contributed by atoms with Crippen molar-refractivity contribution in [2.24, 2.45) is 5.41 Å². The van der Waals surface area contributed by atoms with Crippen molar-refractivity contribution in [1.29, 1.82) is 0 Å². The number of piperidine rings is 1. The molecule has 1 saturated carbocycles. The van der Waals surface area contributed by atoms with Gasteiger partial charge in [-0.05, 0) is 57.6 Å². The summed E-state index contributed by atoms with van der Waals surface area (Å²) in [6, 6.07) is 12.1. The third-order valence-electron chi connectivity index (χ3n) is 7.89. The Bertz CT molecular complexity index is 1030. The maximum atomic E-state index is 15.1. The molecule has 2 aromatic rings. The number of aromatic nitrogens is 2. The second-order valence-electron chi connectivity index (χ2n) is 10.3. The highest BCUT2D eigenvalue weighted by atomic mass is 19.1. The molecule has 1 spiro atoms. The maximum absolute atomic E-state index is 15.1. The summed E-state index contributed by atoms with van der Waals surface area (Å²) in [7, 11) is 0. The first-order chi connectivity index (χ1) is 15.8. The number of alkyl halides is 1. The quantitative estimate of drug-likeness (QED) is 0.687. The van der Waals surface area contributed by atoms with Gasteiger partial charge in [-0.1, -0.05) is 30.3 Å². The lowest BCUT2D eigenvalue weighted by Crippen LogP contribution is -2.53. The number of nitrogens with zero attached hydrogens (tertiary/aromatic N) is 4. The van der Waals surface area contributed by atoms with Gasteiger partial charge < -0.3 is 9.80 Å². The molecule has 3 fully saturated rings. The van der Waals surface area contributed by atoms with Gasteiger partial charge in [-0.3, -0.25) is 14.3 Å². The van der Waals surface area contributed by atoms with Gasteiger partial charge in [0.25, 0.3) is 5.91 Å². The highest BCUT2D eigenvalue weighted by molar-refractivity contribution is 5.90. The van der Waals surface area contributed by atoms with E-state index in [0.717, 1.165) is 24.1 Å². The van der Waals surface area contributed by atoms with Crippen molar-refractivity contribution in [3.05, 3.63) is 53.9 Å². The standard InChI is InChI=1S/C26H33FN4O2/c1-19(2)31-22(10-14-28-31)21-17-30(24(33)26(27)12-6-13-26)18-25(21)11-7-15-29(23(25)32)16-20-8-4-3-5-9-20/h3-5,8-10,14,19,21H,6-7,11-13,15-18H2,1-2H3/t21-,25+/m0/s1. The second-order valence-corrected chi connectivity index (χ2v) is 10.3. The number of benzene rings is 1. The lowest BCUT2D eigenvalue weighted by molar-refractivity contribution is -0.152. The molecule has 33 heavy (non-hydrogen) atoms. The number of rotatable bonds is 5. The minimum Gasteiger partial charge on any atom is -0.338 e. The first-order valence-electron chi connectivity index (χ1n) is 12.2. The predicted molar refractivity (Wildman–Crippen MR) is 123 cm³/mol. The van der Waals surface area contributed by atoms with E-state index in [0.29, 0.717) is 26.1 Å². The summed E-state index contributed by atoms with van der Waals surface area (Å²) in [5, 5.41) is 4.51. The second kappa shape index (κ2) is 8.26. The summed E-state index contributed by atoms with van der Waals surface area (Å²) in [6.07, 6.45) is 4.66. The van der Waals surface area contributed by atoms with Crippen LogP contribution < -0.4 is 0 Å². The number of hydrogen-bond donors (Lipinski definition) is 0. The predicted octanol–water partition coefficient (Wildman–Crippen LogP) is 4.09. The van der Waals surface area contributed by atoms with Gasteiger partial charge in [0.05, 0.1) is 5.41 Å². The zero-order chi connectivity index (χ0) is 23.2. The Labute approximate surface area is 194 Å². The summed E-state index contributed by atoms with van der Waals surface area (Å²) in [5.74, 6) is -0.545. The van der Waals surface area contributed by atoms with E-state index in [1.54, 1.807) is 11.1 Å². The lowest BCUT2D eigenvalue weighted by atomic mass is 9.70. The third-order valence-corrected chi connectivity index (χ3v) is 7.89. The highest BCUT2D eigenvalue weighted by Gasteiger charge is 2.59. The van der Waals surface area contributed by atoms with Crippen LogP contribution >= 0.6 is 0 Å². The van der Waals surface area contributed by atoms with Gasteiger partial charge in [-0.2, -0.15) is 5.10 Å². The average Bonchev–Trinajstić information content (AvgIpc) is 3.41. The number of amides is 2. The van der Waals surface area contributed by atoms with Gasteiger partial charge in [0.15, 0.2) is 5.67 Å². The first kappa shape index (κ1) is 22.1. The molecule has 0 N–H and O–H groups in total. The van der Waals surface area contributed by atoms with Crippen molar-refractivity contribution in [2.45, 2.75) is 70.1 Å². The number of likely N-dealkylation sites (tertiary alicyclic amines) is 2. The molecule has 1 aromatic carbocycles. The third kappa shape index (κ3) is 3.65. The SMILES string of the molecule is CC(C)n1nccc1[C@@H]1CN(C(=O)C2(F)CCC2)C[C@]12CCCN(Cc1ccccc1)C2=O. The van der Waals surface area contributed by atoms with E-state index in [1.165, 1.54) is 0 Å². The van der Waals surface area contributed by atoms with Crippen molar-refractivity contribution in [1.82, 2.24) is 19.6 Å². The van der Waals surface area contributed by atoms with E-state index in [4.69, 9.17) is 0 Å². The Balaban J connectivity index is 1.50. The van der Waals surface area contributed by atoms with E-state index in [-0.39, 0.29) is 37.3 Å². The number of halogens is 1. The van der Waals surface area contributed by atoms with Crippen molar-refractivity contribution >= 4 is 11.8 Å². The van der Waals surface area contributed by atoms with E-state index < -0.39 is 17.0 Å². The number of carbonyl (C=O) groups excluding carboxylic acids is 2. The highest BCUT2D eigenvalue weighted by Crippen LogP contribution is 2.51. The zero-order valence-corrected chi connectivity index (χ0v) is 19.5. The molecule has 6 nitrogen and oxygen atoms in total. The van der Waals surface area contributed by atoms with Gasteiger partial charge in [-0.25, -0.2) is 4.39 Å². The maximum Gasteiger partial charge on any atom is 0.260 e. The number of carbonyl (C=O) groups is 2. The fraction of sp³-hybridized carbons (Fsp3) is 0.577. The molecule has 0 bridgehead atoms. The summed E-state index contributed by atoms with van der Waals surface area (Å²) in [5.41, 5.74) is -0.433. The average molecular weight is 453 g/mol. The summed E-state index contributed by atoms with van der Waals surface area (Å²) < 4.78 is 17.1. The van der Waals surface area contributed by atoms with Crippen LogP contribution in [0, 0.1) is 5.41 Å². The molecule has 2 amide bonds. The summed E-state index contributed by atoms with van der Waals surface area (Å²) in [4.78, 5) is 30.9. The molecule has 3 heterocycles. The van der Waals surface area contributed by atoms with Crippen LogP contribution in [-0.4, -0.2) is 56.7 Å². The Morgan fingerprint density at radius 2 is 1.91 bits per heavy atom. The van der Waals surface area contributed by atoms with E-state index >= 15 is 4.39 Å². The molecule has 0 radical (unpaired) electrons. The van der Waals surface area contributed by atoms with Gasteiger partial charge in [-0.15, -0.1) is 0 Å². The Morgan fingerprint density at radius 3 is 2.58 bits per heavy atom. The van der Waals surface area contributed by atoms with Crippen molar-refractivity contribution in [3.8, 4) is 0 Å². The molecule has 2 aliphatic heterocycles. The zero-order valence-electron chi connectivity index (χ0n) is 19.5. The largest absolute Gasteiger partial charge is 0.338 e. The van der Waals surface area contributed by atoms with Crippen LogP contribution in [0.5, 0.6) is 0 Å². The summed E-state index contributed by atoms with van der Waals surface area (Å²) >= 11 is 0. The smallest absolute Gasteiger partial charge is 0.260 e. The van der Waals surface area contributed by atoms with Crippen LogP contribution in [0.15, 0.2) is 42.6 Å². The Hall–Kier alpha value is -2.70. The lowest BCUT2D eigenvalue weighted by Gasteiger charge is -2.43. The van der Waals surface area contributed by atoms with Gasteiger partial charge in [0.1, 0.15) is 0 Å². The first-order valence-corrected chi connectivity index (χ1v) is 12.2. The van der Waals surface area contributed by atoms with Crippen molar-refractivity contribution < 1.29 is 14.0 Å². The molecule has 2 saturated heterocycles. The van der Waals surface area contributed by atoms with E-state index in [2.05, 4.69) is 18.9 Å². The molecule has 3 aliphatic rings. The van der Waals surface area contributed by atoms with Crippen LogP contribution in [0.3, 0.4) is 0 Å². The minimum atomic E-state index is -1.75. The van der Waals surface area contributed by atoms with Crippen molar-refractivity contribution in [2.75, 3.05) is 19.6 Å². The Kier molecular flexibility index (Phi) is 5.53.